The first-order valence-corrected chi connectivity index (χ1v) is 9.90. The predicted molar refractivity (Wildman–Crippen MR) is 107 cm³/mol. The molecule has 5 rings (SSSR count). The standard InChI is InChI=1S/C20H21N5S/c1-14-8-20-23-22-13-25(20)19-10-15(2-3-18(14)19)16-9-17(26-12-16)11-24-6-4-21-5-7-24/h2-3,8-10,12-13,21H,4-7,11H2,1H3. The molecular formula is C20H21N5S. The zero-order valence-electron chi connectivity index (χ0n) is 14.8. The van der Waals surface area contributed by atoms with Crippen LogP contribution in [0.1, 0.15) is 10.4 Å². The summed E-state index contributed by atoms with van der Waals surface area (Å²) in [6, 6.07) is 11.1. The van der Waals surface area contributed by atoms with Gasteiger partial charge in [0.2, 0.25) is 0 Å². The maximum Gasteiger partial charge on any atom is 0.161 e. The van der Waals surface area contributed by atoms with Gasteiger partial charge in [-0.1, -0.05) is 12.1 Å². The number of benzene rings is 1. The summed E-state index contributed by atoms with van der Waals surface area (Å²) in [6.07, 6.45) is 1.80. The van der Waals surface area contributed by atoms with Gasteiger partial charge in [-0.25, -0.2) is 0 Å². The summed E-state index contributed by atoms with van der Waals surface area (Å²) >= 11 is 1.86. The maximum absolute atomic E-state index is 4.21. The number of aryl methyl sites for hydroxylation is 1. The Morgan fingerprint density at radius 1 is 1.12 bits per heavy atom. The van der Waals surface area contributed by atoms with Crippen molar-refractivity contribution in [2.45, 2.75) is 13.5 Å². The van der Waals surface area contributed by atoms with Crippen LogP contribution in [0.25, 0.3) is 27.7 Å². The average molecular weight is 363 g/mol. The van der Waals surface area contributed by atoms with Crippen molar-refractivity contribution in [2.24, 2.45) is 0 Å². The van der Waals surface area contributed by atoms with Crippen molar-refractivity contribution in [3.8, 4) is 11.1 Å². The number of thiophene rings is 1. The Labute approximate surface area is 156 Å². The van der Waals surface area contributed by atoms with Crippen molar-refractivity contribution in [1.82, 2.24) is 24.8 Å². The van der Waals surface area contributed by atoms with Crippen molar-refractivity contribution in [1.29, 1.82) is 0 Å². The molecule has 0 aliphatic carbocycles. The Morgan fingerprint density at radius 3 is 2.88 bits per heavy atom. The van der Waals surface area contributed by atoms with E-state index >= 15 is 0 Å². The highest BCUT2D eigenvalue weighted by Crippen LogP contribution is 2.30. The molecule has 0 bridgehead atoms. The Balaban J connectivity index is 1.51. The van der Waals surface area contributed by atoms with Crippen LogP contribution in [-0.2, 0) is 6.54 Å². The zero-order valence-corrected chi connectivity index (χ0v) is 15.6. The molecule has 0 spiro atoms. The van der Waals surface area contributed by atoms with Crippen LogP contribution in [0.4, 0.5) is 0 Å². The summed E-state index contributed by atoms with van der Waals surface area (Å²) in [6.45, 7) is 7.64. The molecule has 6 heteroatoms. The SMILES string of the molecule is Cc1cc2nncn2c2cc(-c3csc(CN4CCNCC4)c3)ccc12. The fourth-order valence-corrected chi connectivity index (χ4v) is 4.68. The van der Waals surface area contributed by atoms with Gasteiger partial charge < -0.3 is 5.32 Å². The van der Waals surface area contributed by atoms with Crippen molar-refractivity contribution < 1.29 is 0 Å². The summed E-state index contributed by atoms with van der Waals surface area (Å²) in [5, 5.41) is 15.2. The van der Waals surface area contributed by atoms with Crippen molar-refractivity contribution in [3.63, 3.8) is 0 Å². The minimum atomic E-state index is 0.900. The summed E-state index contributed by atoms with van der Waals surface area (Å²) < 4.78 is 2.07. The van der Waals surface area contributed by atoms with E-state index in [-0.39, 0.29) is 0 Å². The molecule has 1 aromatic carbocycles. The fourth-order valence-electron chi connectivity index (χ4n) is 3.75. The van der Waals surface area contributed by atoms with Gasteiger partial charge >= 0.3 is 0 Å². The molecule has 26 heavy (non-hydrogen) atoms. The molecule has 3 aromatic heterocycles. The number of rotatable bonds is 3. The highest BCUT2D eigenvalue weighted by atomic mass is 32.1. The second-order valence-corrected chi connectivity index (χ2v) is 7.94. The topological polar surface area (TPSA) is 45.5 Å². The molecule has 1 N–H and O–H groups in total. The van der Waals surface area contributed by atoms with Gasteiger partial charge in [0.05, 0.1) is 5.52 Å². The number of pyridine rings is 1. The molecular weight excluding hydrogens is 342 g/mol. The van der Waals surface area contributed by atoms with Crippen molar-refractivity contribution >= 4 is 27.9 Å². The van der Waals surface area contributed by atoms with Crippen LogP contribution in [0.15, 0.2) is 42.0 Å². The van der Waals surface area contributed by atoms with Crippen LogP contribution in [-0.4, -0.2) is 45.7 Å². The molecule has 4 heterocycles. The van der Waals surface area contributed by atoms with E-state index in [1.807, 2.05) is 11.3 Å². The van der Waals surface area contributed by atoms with E-state index in [1.54, 1.807) is 6.33 Å². The third-order valence-corrected chi connectivity index (χ3v) is 6.10. The Kier molecular flexibility index (Phi) is 3.96. The first kappa shape index (κ1) is 15.9. The number of hydrogen-bond donors (Lipinski definition) is 1. The molecule has 5 nitrogen and oxygen atoms in total. The monoisotopic (exact) mass is 363 g/mol. The third kappa shape index (κ3) is 2.80. The maximum atomic E-state index is 4.21. The molecule has 1 aliphatic heterocycles. The van der Waals surface area contributed by atoms with Gasteiger partial charge in [0.1, 0.15) is 6.33 Å². The molecule has 1 saturated heterocycles. The lowest BCUT2D eigenvalue weighted by Crippen LogP contribution is -2.42. The number of hydrogen-bond acceptors (Lipinski definition) is 5. The highest BCUT2D eigenvalue weighted by Gasteiger charge is 2.12. The third-order valence-electron chi connectivity index (χ3n) is 5.18. The van der Waals surface area contributed by atoms with E-state index in [9.17, 15) is 0 Å². The molecule has 0 radical (unpaired) electrons. The van der Waals surface area contributed by atoms with E-state index < -0.39 is 0 Å². The molecule has 0 amide bonds. The van der Waals surface area contributed by atoms with Gasteiger partial charge in [-0.3, -0.25) is 9.30 Å². The van der Waals surface area contributed by atoms with Crippen molar-refractivity contribution in [2.75, 3.05) is 26.2 Å². The van der Waals surface area contributed by atoms with Crippen LogP contribution in [0, 0.1) is 6.92 Å². The predicted octanol–water partition coefficient (Wildman–Crippen LogP) is 3.32. The molecule has 4 aromatic rings. The molecule has 0 saturated carbocycles. The van der Waals surface area contributed by atoms with E-state index in [1.165, 1.54) is 27.0 Å². The summed E-state index contributed by atoms with van der Waals surface area (Å²) in [4.78, 5) is 3.96. The number of nitrogens with zero attached hydrogens (tertiary/aromatic N) is 4. The normalized spacial score (nSPS) is 15.9. The van der Waals surface area contributed by atoms with Gasteiger partial charge in [-0.05, 0) is 47.2 Å². The van der Waals surface area contributed by atoms with E-state index in [2.05, 4.69) is 67.5 Å². The smallest absolute Gasteiger partial charge is 0.161 e. The van der Waals surface area contributed by atoms with Gasteiger partial charge in [0, 0.05) is 43.0 Å². The van der Waals surface area contributed by atoms with Crippen LogP contribution >= 0.6 is 11.3 Å². The van der Waals surface area contributed by atoms with Gasteiger partial charge in [0.25, 0.3) is 0 Å². The minimum Gasteiger partial charge on any atom is -0.314 e. The summed E-state index contributed by atoms with van der Waals surface area (Å²) in [7, 11) is 0. The Morgan fingerprint density at radius 2 is 2.00 bits per heavy atom. The summed E-state index contributed by atoms with van der Waals surface area (Å²) in [5.41, 5.74) is 5.84. The average Bonchev–Trinajstić information content (AvgIpc) is 3.32. The lowest BCUT2D eigenvalue weighted by molar-refractivity contribution is 0.235. The van der Waals surface area contributed by atoms with Crippen molar-refractivity contribution in [3.05, 3.63) is 52.5 Å². The Bertz CT molecular complexity index is 1070. The zero-order chi connectivity index (χ0) is 17.5. The molecule has 132 valence electrons. The number of fused-ring (bicyclic) bond motifs is 3. The molecule has 1 aliphatic rings. The number of aromatic nitrogens is 3. The van der Waals surface area contributed by atoms with Gasteiger partial charge in [-0.2, -0.15) is 0 Å². The van der Waals surface area contributed by atoms with E-state index in [0.717, 1.165) is 43.9 Å². The van der Waals surface area contributed by atoms with Crippen LogP contribution in [0.3, 0.4) is 0 Å². The van der Waals surface area contributed by atoms with Crippen LogP contribution in [0.5, 0.6) is 0 Å². The van der Waals surface area contributed by atoms with E-state index in [4.69, 9.17) is 0 Å². The number of piperazine rings is 1. The molecule has 0 unspecified atom stereocenters. The van der Waals surface area contributed by atoms with Gasteiger partial charge in [-0.15, -0.1) is 21.5 Å². The molecule has 0 atom stereocenters. The largest absolute Gasteiger partial charge is 0.314 e. The second kappa shape index (κ2) is 6.46. The second-order valence-electron chi connectivity index (χ2n) is 6.95. The number of nitrogens with one attached hydrogen (secondary N) is 1. The fraction of sp³-hybridized carbons (Fsp3) is 0.300. The lowest BCUT2D eigenvalue weighted by atomic mass is 10.0. The first-order valence-electron chi connectivity index (χ1n) is 9.02. The van der Waals surface area contributed by atoms with Gasteiger partial charge in [0.15, 0.2) is 5.65 Å². The van der Waals surface area contributed by atoms with Crippen LogP contribution in [0.2, 0.25) is 0 Å². The van der Waals surface area contributed by atoms with E-state index in [0.29, 0.717) is 0 Å². The first-order chi connectivity index (χ1) is 12.8. The lowest BCUT2D eigenvalue weighted by Gasteiger charge is -2.26. The highest BCUT2D eigenvalue weighted by molar-refractivity contribution is 7.10. The Hall–Kier alpha value is -2.28. The molecule has 1 fully saturated rings. The summed E-state index contributed by atoms with van der Waals surface area (Å²) in [5.74, 6) is 0. The quantitative estimate of drug-likeness (QED) is 0.606. The van der Waals surface area contributed by atoms with Crippen LogP contribution < -0.4 is 5.32 Å². The minimum absolute atomic E-state index is 0.900.